The highest BCUT2D eigenvalue weighted by atomic mass is 19.1. The Balaban J connectivity index is 2.53. The van der Waals surface area contributed by atoms with E-state index in [9.17, 15) is 9.18 Å². The number of carbonyl (C=O) groups is 1. The summed E-state index contributed by atoms with van der Waals surface area (Å²) in [5.74, 6) is 0.0947. The number of benzene rings is 1. The third-order valence-electron chi connectivity index (χ3n) is 2.57. The van der Waals surface area contributed by atoms with E-state index in [0.717, 1.165) is 12.1 Å². The molecular weight excluding hydrogens is 233 g/mol. The third kappa shape index (κ3) is 4.84. The molecule has 1 rings (SSSR count). The monoisotopic (exact) mass is 253 g/mol. The van der Waals surface area contributed by atoms with Crippen molar-refractivity contribution in [3.8, 4) is 5.75 Å². The van der Waals surface area contributed by atoms with Crippen molar-refractivity contribution in [1.29, 1.82) is 0 Å². The SMILES string of the molecule is CCOc1ccc(CCN(C)CC(C)=O)cc1F. The van der Waals surface area contributed by atoms with Gasteiger partial charge in [0.1, 0.15) is 5.78 Å². The minimum absolute atomic E-state index is 0.135. The van der Waals surface area contributed by atoms with Crippen LogP contribution in [0.4, 0.5) is 4.39 Å². The lowest BCUT2D eigenvalue weighted by molar-refractivity contribution is -0.117. The molecule has 0 fully saturated rings. The first kappa shape index (κ1) is 14.6. The van der Waals surface area contributed by atoms with E-state index >= 15 is 0 Å². The summed E-state index contributed by atoms with van der Waals surface area (Å²) >= 11 is 0. The molecule has 0 aromatic heterocycles. The maximum absolute atomic E-state index is 13.6. The molecule has 18 heavy (non-hydrogen) atoms. The molecule has 0 atom stereocenters. The van der Waals surface area contributed by atoms with Crippen LogP contribution in [0.1, 0.15) is 19.4 Å². The quantitative estimate of drug-likeness (QED) is 0.746. The first-order chi connectivity index (χ1) is 8.52. The van der Waals surface area contributed by atoms with E-state index in [1.807, 2.05) is 24.9 Å². The van der Waals surface area contributed by atoms with Gasteiger partial charge in [-0.3, -0.25) is 9.69 Å². The van der Waals surface area contributed by atoms with Crippen LogP contribution in [0.15, 0.2) is 18.2 Å². The number of rotatable bonds is 7. The molecule has 0 N–H and O–H groups in total. The number of hydrogen-bond donors (Lipinski definition) is 0. The van der Waals surface area contributed by atoms with Gasteiger partial charge in [-0.1, -0.05) is 6.07 Å². The van der Waals surface area contributed by atoms with Crippen LogP contribution in [0.5, 0.6) is 5.75 Å². The molecule has 0 saturated carbocycles. The lowest BCUT2D eigenvalue weighted by Gasteiger charge is -2.14. The predicted molar refractivity (Wildman–Crippen MR) is 69.5 cm³/mol. The number of ether oxygens (including phenoxy) is 1. The van der Waals surface area contributed by atoms with Crippen molar-refractivity contribution in [3.63, 3.8) is 0 Å². The zero-order chi connectivity index (χ0) is 13.5. The van der Waals surface area contributed by atoms with Crippen LogP contribution in [0.25, 0.3) is 0 Å². The van der Waals surface area contributed by atoms with Crippen LogP contribution in [-0.4, -0.2) is 37.4 Å². The topological polar surface area (TPSA) is 29.5 Å². The van der Waals surface area contributed by atoms with Crippen molar-refractivity contribution >= 4 is 5.78 Å². The van der Waals surface area contributed by atoms with Crippen molar-refractivity contribution in [1.82, 2.24) is 4.90 Å². The second kappa shape index (κ2) is 7.11. The van der Waals surface area contributed by atoms with E-state index in [0.29, 0.717) is 25.3 Å². The van der Waals surface area contributed by atoms with Gasteiger partial charge in [-0.25, -0.2) is 4.39 Å². The Hall–Kier alpha value is -1.42. The Morgan fingerprint density at radius 3 is 2.72 bits per heavy atom. The second-order valence-corrected chi connectivity index (χ2v) is 4.39. The number of nitrogens with zero attached hydrogens (tertiary/aromatic N) is 1. The zero-order valence-electron chi connectivity index (χ0n) is 11.2. The zero-order valence-corrected chi connectivity index (χ0v) is 11.2. The first-order valence-electron chi connectivity index (χ1n) is 6.12. The highest BCUT2D eigenvalue weighted by Gasteiger charge is 2.06. The Kier molecular flexibility index (Phi) is 5.78. The number of Topliss-reactive ketones (excluding diaryl/α,β-unsaturated/α-hetero) is 1. The van der Waals surface area contributed by atoms with Crippen LogP contribution in [0.2, 0.25) is 0 Å². The van der Waals surface area contributed by atoms with Gasteiger partial charge in [0.25, 0.3) is 0 Å². The minimum atomic E-state index is -0.330. The molecule has 0 unspecified atom stereocenters. The molecular formula is C14H20FNO2. The number of likely N-dealkylation sites (N-methyl/N-ethyl adjacent to an activating group) is 1. The molecule has 4 heteroatoms. The van der Waals surface area contributed by atoms with E-state index in [1.165, 1.54) is 6.07 Å². The summed E-state index contributed by atoms with van der Waals surface area (Å²) in [5, 5.41) is 0. The lowest BCUT2D eigenvalue weighted by atomic mass is 10.1. The molecule has 0 heterocycles. The van der Waals surface area contributed by atoms with Gasteiger partial charge < -0.3 is 4.74 Å². The molecule has 0 aliphatic carbocycles. The van der Waals surface area contributed by atoms with E-state index in [-0.39, 0.29) is 11.6 Å². The Morgan fingerprint density at radius 2 is 2.17 bits per heavy atom. The van der Waals surface area contributed by atoms with Crippen LogP contribution in [0, 0.1) is 5.82 Å². The van der Waals surface area contributed by atoms with E-state index < -0.39 is 0 Å². The maximum Gasteiger partial charge on any atom is 0.165 e. The summed E-state index contributed by atoms with van der Waals surface area (Å²) in [6.45, 7) is 5.00. The Morgan fingerprint density at radius 1 is 1.44 bits per heavy atom. The van der Waals surface area contributed by atoms with Crippen LogP contribution < -0.4 is 4.74 Å². The van der Waals surface area contributed by atoms with Gasteiger partial charge in [0.15, 0.2) is 11.6 Å². The van der Waals surface area contributed by atoms with Crippen molar-refractivity contribution in [2.75, 3.05) is 26.7 Å². The third-order valence-corrected chi connectivity index (χ3v) is 2.57. The van der Waals surface area contributed by atoms with Crippen LogP contribution in [0.3, 0.4) is 0 Å². The van der Waals surface area contributed by atoms with E-state index in [4.69, 9.17) is 4.74 Å². The van der Waals surface area contributed by atoms with E-state index in [1.54, 1.807) is 13.0 Å². The standard InChI is InChI=1S/C14H20FNO2/c1-4-18-14-6-5-12(9-13(14)15)7-8-16(3)10-11(2)17/h5-6,9H,4,7-8,10H2,1-3H3. The normalized spacial score (nSPS) is 10.7. The Labute approximate surface area is 108 Å². The highest BCUT2D eigenvalue weighted by molar-refractivity contribution is 5.77. The van der Waals surface area contributed by atoms with Crippen molar-refractivity contribution in [2.24, 2.45) is 0 Å². The summed E-state index contributed by atoms with van der Waals surface area (Å²) in [4.78, 5) is 12.8. The second-order valence-electron chi connectivity index (χ2n) is 4.39. The Bertz CT molecular complexity index is 407. The molecule has 0 aliphatic rings. The number of hydrogen-bond acceptors (Lipinski definition) is 3. The average Bonchev–Trinajstić information content (AvgIpc) is 2.29. The molecule has 1 aromatic rings. The van der Waals surface area contributed by atoms with Gasteiger partial charge in [0, 0.05) is 6.54 Å². The van der Waals surface area contributed by atoms with Gasteiger partial charge in [-0.2, -0.15) is 0 Å². The van der Waals surface area contributed by atoms with Gasteiger partial charge in [0.2, 0.25) is 0 Å². The number of carbonyl (C=O) groups excluding carboxylic acids is 1. The maximum atomic E-state index is 13.6. The molecule has 0 amide bonds. The summed E-state index contributed by atoms with van der Waals surface area (Å²) in [6.07, 6.45) is 0.715. The van der Waals surface area contributed by atoms with Crippen LogP contribution >= 0.6 is 0 Å². The summed E-state index contributed by atoms with van der Waals surface area (Å²) in [5.41, 5.74) is 0.909. The fourth-order valence-corrected chi connectivity index (χ4v) is 1.75. The summed E-state index contributed by atoms with van der Waals surface area (Å²) < 4.78 is 18.7. The molecule has 0 saturated heterocycles. The fraction of sp³-hybridized carbons (Fsp3) is 0.500. The molecule has 0 radical (unpaired) electrons. The summed E-state index contributed by atoms with van der Waals surface area (Å²) in [7, 11) is 1.88. The molecule has 1 aromatic carbocycles. The van der Waals surface area contributed by atoms with Crippen molar-refractivity contribution < 1.29 is 13.9 Å². The first-order valence-corrected chi connectivity index (χ1v) is 6.12. The van der Waals surface area contributed by atoms with Gasteiger partial charge >= 0.3 is 0 Å². The van der Waals surface area contributed by atoms with Crippen LogP contribution in [-0.2, 0) is 11.2 Å². The fourth-order valence-electron chi connectivity index (χ4n) is 1.75. The number of halogens is 1. The van der Waals surface area contributed by atoms with E-state index in [2.05, 4.69) is 0 Å². The molecule has 0 aliphatic heterocycles. The molecule has 3 nitrogen and oxygen atoms in total. The number of ketones is 1. The lowest BCUT2D eigenvalue weighted by Crippen LogP contribution is -2.26. The van der Waals surface area contributed by atoms with Crippen molar-refractivity contribution in [3.05, 3.63) is 29.6 Å². The highest BCUT2D eigenvalue weighted by Crippen LogP contribution is 2.18. The molecule has 0 bridgehead atoms. The minimum Gasteiger partial charge on any atom is -0.491 e. The smallest absolute Gasteiger partial charge is 0.165 e. The summed E-state index contributed by atoms with van der Waals surface area (Å²) in [6, 6.07) is 5.00. The average molecular weight is 253 g/mol. The van der Waals surface area contributed by atoms with Gasteiger partial charge in [-0.05, 0) is 45.0 Å². The largest absolute Gasteiger partial charge is 0.491 e. The van der Waals surface area contributed by atoms with Gasteiger partial charge in [0.05, 0.1) is 13.2 Å². The van der Waals surface area contributed by atoms with Crippen molar-refractivity contribution in [2.45, 2.75) is 20.3 Å². The molecule has 100 valence electrons. The predicted octanol–water partition coefficient (Wildman–Crippen LogP) is 2.29. The van der Waals surface area contributed by atoms with Gasteiger partial charge in [-0.15, -0.1) is 0 Å². The molecule has 0 spiro atoms.